The molecule has 0 fully saturated rings. The minimum absolute atomic E-state index is 0. The van der Waals surface area contributed by atoms with Crippen molar-refractivity contribution < 1.29 is 87.5 Å². The summed E-state index contributed by atoms with van der Waals surface area (Å²) in [6, 6.07) is 0. The van der Waals surface area contributed by atoms with Crippen LogP contribution in [0.3, 0.4) is 0 Å². The first-order chi connectivity index (χ1) is 2.00. The van der Waals surface area contributed by atoms with Gasteiger partial charge < -0.3 is 32.9 Å². The zero-order chi connectivity index (χ0) is 4.50. The van der Waals surface area contributed by atoms with E-state index in [9.17, 15) is 0 Å². The van der Waals surface area contributed by atoms with Crippen molar-refractivity contribution in [1.29, 1.82) is 0 Å². The third-order valence-electron chi connectivity index (χ3n) is 0. The Balaban J connectivity index is -0.00000000286. The Morgan fingerprint density at radius 1 is 0.692 bits per heavy atom. The predicted molar refractivity (Wildman–Crippen MR) is 21.2 cm³/mol. The van der Waals surface area contributed by atoms with Crippen LogP contribution in [0.1, 0.15) is 0 Å². The van der Waals surface area contributed by atoms with E-state index in [-0.39, 0.29) is 70.0 Å². The van der Waals surface area contributed by atoms with E-state index in [1.54, 1.807) is 0 Å². The first-order valence-corrected chi connectivity index (χ1v) is 2.10. The summed E-state index contributed by atoms with van der Waals surface area (Å²) < 4.78 is 31.6. The molecule has 0 atom stereocenters. The van der Waals surface area contributed by atoms with Crippen LogP contribution in [0.25, 0.3) is 0 Å². The Morgan fingerprint density at radius 2 is 0.692 bits per heavy atom. The van der Waals surface area contributed by atoms with E-state index < -0.39 is 10.4 Å². The molecular formula is H4O10SV2-10. The molecule has 10 nitrogen and oxygen atoms in total. The molecule has 0 heterocycles. The second kappa shape index (κ2) is 38.5. The fourth-order valence-corrected chi connectivity index (χ4v) is 0. The molecule has 0 rings (SSSR count). The average molecular weight is 298 g/mol. The molecule has 0 amide bonds. The van der Waals surface area contributed by atoms with Crippen molar-refractivity contribution in [2.24, 2.45) is 0 Å². The van der Waals surface area contributed by atoms with Crippen molar-refractivity contribution >= 4 is 10.4 Å². The van der Waals surface area contributed by atoms with E-state index in [4.69, 9.17) is 17.5 Å². The van der Waals surface area contributed by atoms with Gasteiger partial charge in [0.1, 0.15) is 0 Å². The van der Waals surface area contributed by atoms with Crippen LogP contribution in [-0.2, 0) is 74.9 Å². The quantitative estimate of drug-likeness (QED) is 0.477. The van der Waals surface area contributed by atoms with Crippen molar-refractivity contribution in [2.75, 3.05) is 0 Å². The van der Waals surface area contributed by atoms with E-state index in [1.807, 2.05) is 0 Å². The summed E-state index contributed by atoms with van der Waals surface area (Å²) >= 11 is 0. The number of rotatable bonds is 0. The molecule has 0 aromatic carbocycles. The van der Waals surface area contributed by atoms with E-state index in [0.717, 1.165) is 0 Å². The molecule has 0 saturated heterocycles. The molecular weight excluding hydrogens is 294 g/mol. The molecule has 0 spiro atoms. The van der Waals surface area contributed by atoms with Gasteiger partial charge in [-0.05, 0) is 0 Å². The van der Waals surface area contributed by atoms with Crippen LogP contribution >= 0.6 is 0 Å². The minimum Gasteiger partial charge on any atom is -2.00 e. The van der Waals surface area contributed by atoms with Gasteiger partial charge in [0.2, 0.25) is 0 Å². The van der Waals surface area contributed by atoms with E-state index >= 15 is 0 Å². The van der Waals surface area contributed by atoms with Gasteiger partial charge in [-0.15, -0.1) is 0 Å². The van der Waals surface area contributed by atoms with Gasteiger partial charge in [0.15, 0.2) is 0 Å². The molecule has 90 valence electrons. The molecule has 0 bridgehead atoms. The van der Waals surface area contributed by atoms with Gasteiger partial charge >= 0.3 is 10.4 Å². The third-order valence-corrected chi connectivity index (χ3v) is 0. The molecule has 0 aromatic rings. The standard InChI is InChI=1S/H2O4S.H2O.5O.2V/c1-5(2,3)4;;;;;;;;/h(H2,1,2,3,4);1H2;;;;;;;/q;;5*-2;;. The maximum absolute atomic E-state index is 8.74. The Kier molecular flexibility index (Phi) is 291. The normalized spacial score (nSPS) is 4.46. The summed E-state index contributed by atoms with van der Waals surface area (Å²) in [4.78, 5) is 0. The molecule has 0 aliphatic rings. The second-order valence-electron chi connectivity index (χ2n) is 0.448. The number of hydrogen-bond donors (Lipinski definition) is 2. The van der Waals surface area contributed by atoms with Crippen LogP contribution in [0.2, 0.25) is 0 Å². The molecule has 13 heavy (non-hydrogen) atoms. The summed E-state index contributed by atoms with van der Waals surface area (Å²) in [6.07, 6.45) is 0. The molecule has 0 saturated carbocycles. The van der Waals surface area contributed by atoms with Crippen LogP contribution in [0.4, 0.5) is 0 Å². The van der Waals surface area contributed by atoms with Crippen molar-refractivity contribution in [1.82, 2.24) is 0 Å². The SMILES string of the molecule is O.O=S(=O)(O)O.[O-2].[O-2].[O-2].[O-2].[O-2].[V].[V]. The smallest absolute Gasteiger partial charge is 0.394 e. The Hall–Kier alpha value is 0.799. The first-order valence-electron chi connectivity index (χ1n) is 0.698. The van der Waals surface area contributed by atoms with Crippen LogP contribution in [-0.4, -0.2) is 23.0 Å². The van der Waals surface area contributed by atoms with E-state index in [2.05, 4.69) is 0 Å². The van der Waals surface area contributed by atoms with Crippen LogP contribution in [0.5, 0.6) is 0 Å². The third kappa shape index (κ3) is 2340. The number of hydrogen-bond acceptors (Lipinski definition) is 2. The molecule has 0 aromatic heterocycles. The van der Waals surface area contributed by atoms with Gasteiger partial charge in [-0.2, -0.15) is 8.42 Å². The molecule has 0 unspecified atom stereocenters. The van der Waals surface area contributed by atoms with Crippen molar-refractivity contribution in [3.63, 3.8) is 0 Å². The summed E-state index contributed by atoms with van der Waals surface area (Å²) in [5.41, 5.74) is 0. The van der Waals surface area contributed by atoms with Gasteiger partial charge in [-0.3, -0.25) is 9.11 Å². The van der Waals surface area contributed by atoms with Crippen LogP contribution in [0.15, 0.2) is 0 Å². The molecule has 0 aliphatic carbocycles. The molecule has 4 N–H and O–H groups in total. The summed E-state index contributed by atoms with van der Waals surface area (Å²) in [5.74, 6) is 0. The topological polar surface area (TPSA) is 249 Å². The van der Waals surface area contributed by atoms with Gasteiger partial charge in [0, 0.05) is 37.1 Å². The minimum atomic E-state index is -4.67. The maximum Gasteiger partial charge on any atom is 0.394 e. The van der Waals surface area contributed by atoms with E-state index in [0.29, 0.717) is 0 Å². The Morgan fingerprint density at radius 3 is 0.692 bits per heavy atom. The zero-order valence-corrected chi connectivity index (χ0v) is 9.16. The van der Waals surface area contributed by atoms with Gasteiger partial charge in [-0.25, -0.2) is 0 Å². The van der Waals surface area contributed by atoms with Crippen molar-refractivity contribution in [3.8, 4) is 0 Å². The Labute approximate surface area is 97.9 Å². The summed E-state index contributed by atoms with van der Waals surface area (Å²) in [7, 11) is -4.67. The average Bonchev–Trinajstić information content (AvgIpc) is 0.722. The first kappa shape index (κ1) is 98.2. The summed E-state index contributed by atoms with van der Waals surface area (Å²) in [6.45, 7) is 0. The molecule has 0 aliphatic heterocycles. The van der Waals surface area contributed by atoms with Gasteiger partial charge in [0.25, 0.3) is 0 Å². The monoisotopic (exact) mass is 298 g/mol. The van der Waals surface area contributed by atoms with Crippen LogP contribution in [0, 0.1) is 0 Å². The van der Waals surface area contributed by atoms with Gasteiger partial charge in [0.05, 0.1) is 0 Å². The largest absolute Gasteiger partial charge is 2.00 e. The molecule has 2 radical (unpaired) electrons. The van der Waals surface area contributed by atoms with Crippen LogP contribution < -0.4 is 0 Å². The predicted octanol–water partition coefficient (Wildman–Crippen LogP) is -2.08. The zero-order valence-electron chi connectivity index (χ0n) is 5.55. The van der Waals surface area contributed by atoms with Crippen molar-refractivity contribution in [3.05, 3.63) is 0 Å². The maximum atomic E-state index is 8.74. The summed E-state index contributed by atoms with van der Waals surface area (Å²) in [5, 5.41) is 0. The van der Waals surface area contributed by atoms with E-state index in [1.165, 1.54) is 0 Å². The second-order valence-corrected chi connectivity index (χ2v) is 1.34. The van der Waals surface area contributed by atoms with Gasteiger partial charge in [-0.1, -0.05) is 0 Å². The fourth-order valence-electron chi connectivity index (χ4n) is 0. The Bertz CT molecular complexity index is 96.1. The fraction of sp³-hybridized carbons (Fsp3) is 0. The van der Waals surface area contributed by atoms with Crippen molar-refractivity contribution in [2.45, 2.75) is 0 Å². The molecule has 13 heteroatoms.